The minimum Gasteiger partial charge on any atom is -0.474 e. The van der Waals surface area contributed by atoms with Crippen molar-refractivity contribution in [3.05, 3.63) is 22.8 Å². The second kappa shape index (κ2) is 4.13. The van der Waals surface area contributed by atoms with Crippen molar-refractivity contribution in [2.45, 2.75) is 31.5 Å². The fraction of sp³-hybridized carbons (Fsp3) is 0.500. The number of ether oxygens (including phenoxy) is 1. The maximum absolute atomic E-state index is 12.4. The SMILES string of the molecule is FC(F)(F)c1cc(Cl)nc(OC2CCC2)c1. The van der Waals surface area contributed by atoms with Crippen LogP contribution < -0.4 is 4.74 Å². The Kier molecular flexibility index (Phi) is 2.97. The van der Waals surface area contributed by atoms with Crippen LogP contribution in [0, 0.1) is 0 Å². The summed E-state index contributed by atoms with van der Waals surface area (Å²) in [5.41, 5.74) is -0.832. The molecule has 88 valence electrons. The van der Waals surface area contributed by atoms with E-state index >= 15 is 0 Å². The van der Waals surface area contributed by atoms with Crippen LogP contribution in [0.1, 0.15) is 24.8 Å². The summed E-state index contributed by atoms with van der Waals surface area (Å²) in [5.74, 6) is -0.0514. The molecule has 6 heteroatoms. The van der Waals surface area contributed by atoms with Crippen LogP contribution in [0.2, 0.25) is 5.15 Å². The highest BCUT2D eigenvalue weighted by Gasteiger charge is 2.32. The summed E-state index contributed by atoms with van der Waals surface area (Å²) >= 11 is 5.51. The van der Waals surface area contributed by atoms with E-state index in [-0.39, 0.29) is 17.1 Å². The van der Waals surface area contributed by atoms with Crippen molar-refractivity contribution in [3.63, 3.8) is 0 Å². The van der Waals surface area contributed by atoms with Gasteiger partial charge in [-0.15, -0.1) is 0 Å². The van der Waals surface area contributed by atoms with Gasteiger partial charge in [0.25, 0.3) is 0 Å². The third-order valence-corrected chi connectivity index (χ3v) is 2.63. The zero-order chi connectivity index (χ0) is 11.8. The minimum absolute atomic E-state index is 0.0212. The predicted octanol–water partition coefficient (Wildman–Crippen LogP) is 3.69. The molecule has 1 aromatic heterocycles. The van der Waals surface area contributed by atoms with Crippen molar-refractivity contribution < 1.29 is 17.9 Å². The van der Waals surface area contributed by atoms with Crippen molar-refractivity contribution in [2.24, 2.45) is 0 Å². The Bertz CT molecular complexity index is 390. The van der Waals surface area contributed by atoms with Gasteiger partial charge in [-0.3, -0.25) is 0 Å². The van der Waals surface area contributed by atoms with Crippen LogP contribution in [-0.4, -0.2) is 11.1 Å². The molecule has 1 heterocycles. The predicted molar refractivity (Wildman–Crippen MR) is 52.5 cm³/mol. The molecular formula is C10H9ClF3NO. The third kappa shape index (κ3) is 2.58. The van der Waals surface area contributed by atoms with Gasteiger partial charge < -0.3 is 4.74 Å². The molecule has 0 atom stereocenters. The van der Waals surface area contributed by atoms with E-state index in [4.69, 9.17) is 16.3 Å². The number of nitrogens with zero attached hydrogens (tertiary/aromatic N) is 1. The molecular weight excluding hydrogens is 243 g/mol. The van der Waals surface area contributed by atoms with Gasteiger partial charge in [-0.1, -0.05) is 11.6 Å². The highest BCUT2D eigenvalue weighted by atomic mass is 35.5. The first kappa shape index (κ1) is 11.5. The maximum Gasteiger partial charge on any atom is 0.416 e. The number of hydrogen-bond donors (Lipinski definition) is 0. The summed E-state index contributed by atoms with van der Waals surface area (Å²) in [6.07, 6.45) is -1.70. The second-order valence-corrected chi connectivity index (χ2v) is 4.07. The average molecular weight is 252 g/mol. The topological polar surface area (TPSA) is 22.1 Å². The lowest BCUT2D eigenvalue weighted by atomic mass is 9.96. The molecule has 0 amide bonds. The van der Waals surface area contributed by atoms with Gasteiger partial charge in [0.2, 0.25) is 5.88 Å². The van der Waals surface area contributed by atoms with Gasteiger partial charge >= 0.3 is 6.18 Å². The molecule has 0 aliphatic heterocycles. The third-order valence-electron chi connectivity index (χ3n) is 2.44. The van der Waals surface area contributed by atoms with Crippen LogP contribution >= 0.6 is 11.6 Å². The Morgan fingerprint density at radius 2 is 2.00 bits per heavy atom. The van der Waals surface area contributed by atoms with Crippen LogP contribution in [0.3, 0.4) is 0 Å². The highest BCUT2D eigenvalue weighted by Crippen LogP contribution is 2.33. The van der Waals surface area contributed by atoms with Gasteiger partial charge in [0.15, 0.2) is 0 Å². The van der Waals surface area contributed by atoms with Crippen molar-refractivity contribution in [1.29, 1.82) is 0 Å². The lowest BCUT2D eigenvalue weighted by molar-refractivity contribution is -0.137. The van der Waals surface area contributed by atoms with E-state index in [0.29, 0.717) is 0 Å². The zero-order valence-electron chi connectivity index (χ0n) is 8.22. The zero-order valence-corrected chi connectivity index (χ0v) is 8.98. The molecule has 0 saturated heterocycles. The quantitative estimate of drug-likeness (QED) is 0.748. The van der Waals surface area contributed by atoms with E-state index in [2.05, 4.69) is 4.98 Å². The Morgan fingerprint density at radius 1 is 1.31 bits per heavy atom. The molecule has 16 heavy (non-hydrogen) atoms. The fourth-order valence-corrected chi connectivity index (χ4v) is 1.56. The van der Waals surface area contributed by atoms with E-state index < -0.39 is 11.7 Å². The number of rotatable bonds is 2. The summed E-state index contributed by atoms with van der Waals surface area (Å²) in [4.78, 5) is 3.71. The summed E-state index contributed by atoms with van der Waals surface area (Å²) in [7, 11) is 0. The first-order valence-corrected chi connectivity index (χ1v) is 5.24. The average Bonchev–Trinajstić information content (AvgIpc) is 2.09. The van der Waals surface area contributed by atoms with Crippen molar-refractivity contribution >= 4 is 11.6 Å². The smallest absolute Gasteiger partial charge is 0.416 e. The van der Waals surface area contributed by atoms with Crippen LogP contribution in [0.25, 0.3) is 0 Å². The summed E-state index contributed by atoms with van der Waals surface area (Å²) in [6, 6.07) is 1.67. The van der Waals surface area contributed by atoms with Gasteiger partial charge in [0.1, 0.15) is 11.3 Å². The molecule has 0 radical (unpaired) electrons. The lowest BCUT2D eigenvalue weighted by Gasteiger charge is -2.26. The standard InChI is InChI=1S/C10H9ClF3NO/c11-8-4-6(10(12,13)14)5-9(15-8)16-7-2-1-3-7/h4-5,7H,1-3H2. The van der Waals surface area contributed by atoms with Crippen LogP contribution in [0.4, 0.5) is 13.2 Å². The fourth-order valence-electron chi connectivity index (χ4n) is 1.36. The molecule has 0 spiro atoms. The van der Waals surface area contributed by atoms with E-state index in [1.807, 2.05) is 0 Å². The van der Waals surface area contributed by atoms with Gasteiger partial charge in [-0.25, -0.2) is 4.98 Å². The molecule has 2 rings (SSSR count). The summed E-state index contributed by atoms with van der Waals surface area (Å²) in [5, 5.41) is -0.204. The first-order valence-electron chi connectivity index (χ1n) is 4.86. The van der Waals surface area contributed by atoms with E-state index in [0.717, 1.165) is 31.4 Å². The number of hydrogen-bond acceptors (Lipinski definition) is 2. The van der Waals surface area contributed by atoms with Crippen LogP contribution in [0.15, 0.2) is 12.1 Å². The van der Waals surface area contributed by atoms with E-state index in [1.54, 1.807) is 0 Å². The van der Waals surface area contributed by atoms with E-state index in [9.17, 15) is 13.2 Å². The number of aromatic nitrogens is 1. The first-order chi connectivity index (χ1) is 7.45. The van der Waals surface area contributed by atoms with Crippen molar-refractivity contribution in [1.82, 2.24) is 4.98 Å². The molecule has 0 aromatic carbocycles. The summed E-state index contributed by atoms with van der Waals surface area (Å²) in [6.45, 7) is 0. The number of pyridine rings is 1. The maximum atomic E-state index is 12.4. The monoisotopic (exact) mass is 251 g/mol. The molecule has 2 nitrogen and oxygen atoms in total. The Labute approximate surface area is 95.4 Å². The molecule has 1 aliphatic rings. The van der Waals surface area contributed by atoms with Gasteiger partial charge in [-0.05, 0) is 25.3 Å². The van der Waals surface area contributed by atoms with Crippen LogP contribution in [-0.2, 0) is 6.18 Å². The molecule has 1 saturated carbocycles. The summed E-state index contributed by atoms with van der Waals surface area (Å²) < 4.78 is 42.6. The molecule has 1 aromatic rings. The Morgan fingerprint density at radius 3 is 2.50 bits per heavy atom. The Hall–Kier alpha value is -0.970. The normalized spacial score (nSPS) is 17.0. The van der Waals surface area contributed by atoms with Gasteiger partial charge in [0.05, 0.1) is 5.56 Å². The van der Waals surface area contributed by atoms with Crippen molar-refractivity contribution in [3.8, 4) is 5.88 Å². The van der Waals surface area contributed by atoms with Gasteiger partial charge in [0, 0.05) is 6.07 Å². The minimum atomic E-state index is -4.43. The number of alkyl halides is 3. The van der Waals surface area contributed by atoms with Crippen LogP contribution in [0.5, 0.6) is 5.88 Å². The number of halogens is 4. The second-order valence-electron chi connectivity index (χ2n) is 3.69. The molecule has 1 aliphatic carbocycles. The largest absolute Gasteiger partial charge is 0.474 e. The van der Waals surface area contributed by atoms with Crippen molar-refractivity contribution in [2.75, 3.05) is 0 Å². The highest BCUT2D eigenvalue weighted by molar-refractivity contribution is 6.29. The lowest BCUT2D eigenvalue weighted by Crippen LogP contribution is -2.25. The molecule has 0 N–H and O–H groups in total. The molecule has 0 bridgehead atoms. The molecule has 0 unspecified atom stereocenters. The Balaban J connectivity index is 2.21. The molecule has 1 fully saturated rings. The van der Waals surface area contributed by atoms with Gasteiger partial charge in [-0.2, -0.15) is 13.2 Å². The van der Waals surface area contributed by atoms with E-state index in [1.165, 1.54) is 0 Å².